The molecule has 4 aromatic carbocycles. The van der Waals surface area contributed by atoms with Crippen LogP contribution in [0.15, 0.2) is 103 Å². The van der Waals surface area contributed by atoms with Crippen LogP contribution in [0.1, 0.15) is 145 Å². The molecular formula is C81H121N25O18. The number of phenols is 2. The molecule has 0 spiro atoms. The van der Waals surface area contributed by atoms with Crippen molar-refractivity contribution < 1.29 is 87.2 Å². The highest BCUT2D eigenvalue weighted by atomic mass is 16.3. The van der Waals surface area contributed by atoms with Crippen LogP contribution in [-0.2, 0) is 92.9 Å². The highest BCUT2D eigenvalue weighted by Gasteiger charge is 2.40. The predicted octanol–water partition coefficient (Wildman–Crippen LogP) is -5.38. The number of carbonyl (C=O) groups excluding carboxylic acids is 15. The van der Waals surface area contributed by atoms with Crippen LogP contribution in [0.3, 0.4) is 0 Å². The summed E-state index contributed by atoms with van der Waals surface area (Å²) in [6.07, 6.45) is -4.69. The third-order valence-corrected chi connectivity index (χ3v) is 19.6. The average Bonchev–Trinajstić information content (AvgIpc) is 0.845. The van der Waals surface area contributed by atoms with Gasteiger partial charge in [0.15, 0.2) is 17.9 Å². The van der Waals surface area contributed by atoms with Crippen LogP contribution in [0.5, 0.6) is 11.5 Å². The first-order valence-corrected chi connectivity index (χ1v) is 40.4. The second-order valence-corrected chi connectivity index (χ2v) is 30.3. The third kappa shape index (κ3) is 37.5. The number of carbonyl (C=O) groups is 15. The van der Waals surface area contributed by atoms with Crippen LogP contribution in [0, 0.1) is 28.1 Å². The monoisotopic (exact) mass is 1730 g/mol. The van der Waals surface area contributed by atoms with Gasteiger partial charge in [-0.25, -0.2) is 0 Å². The summed E-state index contributed by atoms with van der Waals surface area (Å²) in [5, 5.41) is 92.3. The van der Waals surface area contributed by atoms with Gasteiger partial charge in [-0.15, -0.1) is 0 Å². The number of hydrogen-bond donors (Lipinski definition) is 28. The molecule has 0 aliphatic rings. The Hall–Kier alpha value is -13.7. The number of primary amides is 3. The summed E-state index contributed by atoms with van der Waals surface area (Å²) >= 11 is 0. The molecule has 0 aliphatic carbocycles. The highest BCUT2D eigenvalue weighted by molar-refractivity contribution is 6.02. The van der Waals surface area contributed by atoms with Gasteiger partial charge in [0.2, 0.25) is 82.7 Å². The van der Waals surface area contributed by atoms with Crippen LogP contribution in [-0.4, -0.2) is 220 Å². The van der Waals surface area contributed by atoms with E-state index in [1.165, 1.54) is 67.6 Å². The van der Waals surface area contributed by atoms with Crippen LogP contribution in [0.2, 0.25) is 0 Å². The summed E-state index contributed by atoms with van der Waals surface area (Å²) in [4.78, 5) is 211. The van der Waals surface area contributed by atoms with Crippen LogP contribution in [0.25, 0.3) is 0 Å². The Morgan fingerprint density at radius 2 is 0.726 bits per heavy atom. The number of aliphatic hydroxyl groups is 1. The van der Waals surface area contributed by atoms with Gasteiger partial charge in [0.25, 0.3) is 5.91 Å². The number of guanidine groups is 3. The maximum absolute atomic E-state index is 14.9. The van der Waals surface area contributed by atoms with E-state index in [0.29, 0.717) is 16.7 Å². The van der Waals surface area contributed by atoms with Crippen molar-refractivity contribution >= 4 is 106 Å². The minimum absolute atomic E-state index is 0.000525. The standard InChI is InChI=1S/C81H121N25O18/c1-7-43(4)64(77(123)106-65(45(6)107)78(124)99-55(18-13-35-94-81(90)91)70(116)98-56(31-32-62(83)110)72(118)97-54(17-12-34-93-80(88)89)71(117)100-57(66(85)112)37-47-21-27-51(108)28-22-47)105-76(122)58(36-42(2)3)102-75(121)61(40-63(84)111)104-74(120)60(38-46-14-9-8-10-15-46)103-73(119)59(39-48-23-29-52(109)30-24-48)101-67(113)44(5)95-69(115)53(16-11-33-92-79(86)87)96-68(114)50-25-19-49(41-82)20-26-50/h8-10,14-15,19-30,42-45,53-61,64-65,107-109H,7,11-13,16-18,31-41,82H2,1-6H3,(H2,83,110)(H2,84,111)(H2,85,112)(H,95,115)(H,96,114)(H,97,118)(H,98,116)(H,99,124)(H,100,117)(H,101,113)(H,102,121)(H,103,119)(H,104,120)(H,105,122)(H,106,123)(H4,86,87,92)(H4,88,89,93)(H4,90,91,94)/t43-,44-,45+,53-,54-,55-,56-,57-,58-,59-,60-,61-,64-,65-/m0/s1. The zero-order valence-corrected chi connectivity index (χ0v) is 70.2. The van der Waals surface area contributed by atoms with E-state index in [-0.39, 0.29) is 120 Å². The van der Waals surface area contributed by atoms with Crippen molar-refractivity contribution in [2.75, 3.05) is 19.6 Å². The smallest absolute Gasteiger partial charge is 0.251 e. The fourth-order valence-corrected chi connectivity index (χ4v) is 12.5. The SMILES string of the molecule is CC[C@H](C)[C@H](NC(=O)[C@H](CC(C)C)NC(=O)[C@H](CC(N)=O)NC(=O)[C@H](Cc1ccccc1)NC(=O)[C@H](Cc1ccc(O)cc1)NC(=O)[C@H](C)NC(=O)[C@H](CCCNC(=N)N)NC(=O)c1ccc(CN)cc1)C(=O)N[C@H](C(=O)N[C@@H](CCCNC(=N)N)C(=O)N[C@@H](CCC(N)=O)C(=O)N[C@@H](CCCNC(=N)N)C(=O)N[C@@H](Cc1ccc(O)cc1)C(N)=O)[C@@H](C)O. The summed E-state index contributed by atoms with van der Waals surface area (Å²) in [5.74, 6) is -17.7. The maximum atomic E-state index is 14.9. The number of aromatic hydroxyl groups is 2. The number of hydrogen-bond acceptors (Lipinski definition) is 22. The summed E-state index contributed by atoms with van der Waals surface area (Å²) in [6, 6.07) is 6.60. The molecule has 4 aromatic rings. The Labute approximate surface area is 717 Å². The molecule has 43 heteroatoms. The average molecular weight is 1730 g/mol. The topological polar surface area (TPSA) is 751 Å². The summed E-state index contributed by atoms with van der Waals surface area (Å²) in [6.45, 7) is 9.29. The normalized spacial score (nSPS) is 14.4. The lowest BCUT2D eigenvalue weighted by molar-refractivity contribution is -0.138. The lowest BCUT2D eigenvalue weighted by atomic mass is 9.96. The molecule has 43 nitrogen and oxygen atoms in total. The van der Waals surface area contributed by atoms with Crippen LogP contribution < -0.4 is 120 Å². The van der Waals surface area contributed by atoms with E-state index in [0.717, 1.165) is 12.5 Å². The molecule has 0 aliphatic heterocycles. The number of aliphatic hydroxyl groups excluding tert-OH is 1. The molecule has 15 amide bonds. The van der Waals surface area contributed by atoms with Crippen molar-refractivity contribution in [1.29, 1.82) is 16.2 Å². The molecule has 0 radical (unpaired) electrons. The molecule has 0 bridgehead atoms. The van der Waals surface area contributed by atoms with Gasteiger partial charge in [-0.1, -0.05) is 101 Å². The highest BCUT2D eigenvalue weighted by Crippen LogP contribution is 2.18. The zero-order chi connectivity index (χ0) is 92.4. The molecule has 678 valence electrons. The van der Waals surface area contributed by atoms with Crippen molar-refractivity contribution in [2.45, 2.75) is 217 Å². The number of rotatable bonds is 54. The van der Waals surface area contributed by atoms with E-state index in [1.807, 2.05) is 0 Å². The molecular weight excluding hydrogens is 1610 g/mol. The molecule has 0 heterocycles. The van der Waals surface area contributed by atoms with Gasteiger partial charge in [-0.2, -0.15) is 0 Å². The third-order valence-electron chi connectivity index (χ3n) is 19.6. The van der Waals surface area contributed by atoms with E-state index in [1.54, 1.807) is 70.2 Å². The minimum Gasteiger partial charge on any atom is -0.508 e. The quantitative estimate of drug-likeness (QED) is 0.0111. The summed E-state index contributed by atoms with van der Waals surface area (Å²) in [5.41, 5.74) is 41.3. The number of nitrogens with two attached hydrogens (primary N) is 7. The first-order chi connectivity index (χ1) is 58.6. The number of benzene rings is 4. The first-order valence-electron chi connectivity index (χ1n) is 40.4. The van der Waals surface area contributed by atoms with Gasteiger partial charge >= 0.3 is 0 Å². The lowest BCUT2D eigenvalue weighted by Crippen LogP contribution is -2.63. The summed E-state index contributed by atoms with van der Waals surface area (Å²) < 4.78 is 0. The molecule has 35 N–H and O–H groups in total. The Balaban J connectivity index is 1.63. The van der Waals surface area contributed by atoms with Gasteiger partial charge in [0.05, 0.1) is 12.5 Å². The van der Waals surface area contributed by atoms with E-state index >= 15 is 0 Å². The Morgan fingerprint density at radius 3 is 1.15 bits per heavy atom. The molecule has 0 fully saturated rings. The summed E-state index contributed by atoms with van der Waals surface area (Å²) in [7, 11) is 0. The van der Waals surface area contributed by atoms with Crippen molar-refractivity contribution in [2.24, 2.45) is 52.0 Å². The molecule has 0 saturated heterocycles. The van der Waals surface area contributed by atoms with Crippen LogP contribution in [0.4, 0.5) is 0 Å². The van der Waals surface area contributed by atoms with E-state index in [9.17, 15) is 87.2 Å². The Kier molecular flexibility index (Phi) is 43.4. The maximum Gasteiger partial charge on any atom is 0.251 e. The van der Waals surface area contributed by atoms with E-state index in [4.69, 9.17) is 56.4 Å². The molecule has 0 saturated carbocycles. The van der Waals surface area contributed by atoms with Gasteiger partial charge in [-0.3, -0.25) is 88.1 Å². The van der Waals surface area contributed by atoms with Crippen LogP contribution >= 0.6 is 0 Å². The van der Waals surface area contributed by atoms with Gasteiger partial charge in [-0.05, 0) is 136 Å². The lowest BCUT2D eigenvalue weighted by Gasteiger charge is -2.31. The van der Waals surface area contributed by atoms with Gasteiger partial charge in [0.1, 0.15) is 84.0 Å². The minimum atomic E-state index is -1.94. The van der Waals surface area contributed by atoms with E-state index in [2.05, 4.69) is 79.8 Å². The molecule has 0 aromatic heterocycles. The number of phenolic OH excluding ortho intramolecular Hbond substituents is 2. The number of nitrogens with one attached hydrogen (secondary N) is 18. The van der Waals surface area contributed by atoms with Crippen molar-refractivity contribution in [3.63, 3.8) is 0 Å². The predicted molar refractivity (Wildman–Crippen MR) is 456 cm³/mol. The van der Waals surface area contributed by atoms with Gasteiger partial charge in [0, 0.05) is 57.4 Å². The fourth-order valence-electron chi connectivity index (χ4n) is 12.5. The molecule has 0 unspecified atom stereocenters. The van der Waals surface area contributed by atoms with E-state index < -0.39 is 210 Å². The Morgan fingerprint density at radius 1 is 0.371 bits per heavy atom. The van der Waals surface area contributed by atoms with Gasteiger partial charge < -0.3 is 135 Å². The Bertz CT molecular complexity index is 4310. The largest absolute Gasteiger partial charge is 0.508 e. The molecule has 124 heavy (non-hydrogen) atoms. The van der Waals surface area contributed by atoms with Crippen molar-refractivity contribution in [1.82, 2.24) is 79.8 Å². The van der Waals surface area contributed by atoms with Crippen molar-refractivity contribution in [3.8, 4) is 11.5 Å². The zero-order valence-electron chi connectivity index (χ0n) is 70.2. The second kappa shape index (κ2) is 52.4. The van der Waals surface area contributed by atoms with Crippen molar-refractivity contribution in [3.05, 3.63) is 131 Å². The number of amides is 15. The second-order valence-electron chi connectivity index (χ2n) is 30.3. The fraction of sp³-hybridized carbons (Fsp3) is 0.481. The molecule has 4 rings (SSSR count). The molecule has 14 atom stereocenters. The first kappa shape index (κ1) is 103.